The lowest BCUT2D eigenvalue weighted by Gasteiger charge is -1.98. The molecule has 0 amide bonds. The predicted molar refractivity (Wildman–Crippen MR) is 81.2 cm³/mol. The van der Waals surface area contributed by atoms with Gasteiger partial charge >= 0.3 is 0 Å². The molecule has 0 atom stereocenters. The summed E-state index contributed by atoms with van der Waals surface area (Å²) in [6, 6.07) is 2.40. The molecule has 1 rings (SSSR count). The Morgan fingerprint density at radius 1 is 0.556 bits per heavy atom. The molecule has 0 unspecified atom stereocenters. The van der Waals surface area contributed by atoms with Crippen LogP contribution in [0.5, 0.6) is 0 Å². The van der Waals surface area contributed by atoms with Gasteiger partial charge in [-0.3, -0.25) is 0 Å². The average molecular weight is 262 g/mol. The van der Waals surface area contributed by atoms with Crippen molar-refractivity contribution in [3.8, 4) is 0 Å². The molecule has 0 aliphatic carbocycles. The molecule has 0 aliphatic rings. The van der Waals surface area contributed by atoms with E-state index in [0.717, 1.165) is 0 Å². The highest BCUT2D eigenvalue weighted by Gasteiger charge is 2.01. The fourth-order valence-electron chi connectivity index (χ4n) is 0.746. The Hall–Kier alpha value is -0.920. The van der Waals surface area contributed by atoms with Crippen LogP contribution < -0.4 is 0 Å². The Kier molecular flexibility index (Phi) is 30.7. The number of halogens is 2. The van der Waals surface area contributed by atoms with Gasteiger partial charge in [-0.15, -0.1) is 0 Å². The van der Waals surface area contributed by atoms with Gasteiger partial charge < -0.3 is 0 Å². The summed E-state index contributed by atoms with van der Waals surface area (Å²) in [7, 11) is 0. The maximum absolute atomic E-state index is 12.6. The van der Waals surface area contributed by atoms with Gasteiger partial charge in [-0.2, -0.15) is 0 Å². The maximum Gasteiger partial charge on any atom is 0.126 e. The summed E-state index contributed by atoms with van der Waals surface area (Å²) in [6.07, 6.45) is 0. The van der Waals surface area contributed by atoms with E-state index in [0.29, 0.717) is 11.1 Å². The van der Waals surface area contributed by atoms with Crippen LogP contribution in [0.3, 0.4) is 0 Å². The summed E-state index contributed by atoms with van der Waals surface area (Å²) in [5, 5.41) is 0. The van der Waals surface area contributed by atoms with Crippen molar-refractivity contribution in [3.05, 3.63) is 34.9 Å². The average Bonchev–Trinajstić information content (AvgIpc) is 2.45. The Morgan fingerprint density at radius 3 is 0.889 bits per heavy atom. The molecule has 0 saturated carbocycles. The molecule has 0 aromatic heterocycles. The molecule has 18 heavy (non-hydrogen) atoms. The van der Waals surface area contributed by atoms with Crippen LogP contribution in [0.15, 0.2) is 12.1 Å². The topological polar surface area (TPSA) is 0 Å². The van der Waals surface area contributed by atoms with Crippen molar-refractivity contribution in [2.24, 2.45) is 0 Å². The van der Waals surface area contributed by atoms with E-state index in [2.05, 4.69) is 0 Å². The third-order valence-electron chi connectivity index (χ3n) is 1.44. The van der Waals surface area contributed by atoms with Crippen molar-refractivity contribution in [2.45, 2.75) is 69.2 Å². The van der Waals surface area contributed by atoms with Crippen LogP contribution in [-0.2, 0) is 0 Å². The van der Waals surface area contributed by atoms with Gasteiger partial charge in [-0.25, -0.2) is 8.78 Å². The highest BCUT2D eigenvalue weighted by molar-refractivity contribution is 5.23. The van der Waals surface area contributed by atoms with Crippen LogP contribution in [0.2, 0.25) is 0 Å². The van der Waals surface area contributed by atoms with Gasteiger partial charge in [-0.05, 0) is 37.1 Å². The molecule has 0 heterocycles. The van der Waals surface area contributed by atoms with E-state index in [1.807, 2.05) is 55.4 Å². The molecular weight excluding hydrogens is 230 g/mol. The lowest BCUT2D eigenvalue weighted by Crippen LogP contribution is -1.88. The third kappa shape index (κ3) is 13.1. The molecule has 0 aliphatic heterocycles. The van der Waals surface area contributed by atoms with Gasteiger partial charge in [0.1, 0.15) is 11.6 Å². The van der Waals surface area contributed by atoms with Gasteiger partial charge in [-0.1, -0.05) is 55.4 Å². The number of aryl methyl sites for hydroxylation is 2. The standard InChI is InChI=1S/C8H8F2.4C2H6/c1-5-3-8(10)6(2)4-7(5)9;4*1-2/h3-4H,1-2H3;4*1-2H3. The molecule has 0 bridgehead atoms. The molecule has 1 aromatic carbocycles. The minimum absolute atomic E-state index is 0.348. The lowest BCUT2D eigenvalue weighted by atomic mass is 10.1. The van der Waals surface area contributed by atoms with Crippen molar-refractivity contribution < 1.29 is 8.78 Å². The second kappa shape index (κ2) is 21.4. The molecule has 0 saturated heterocycles. The van der Waals surface area contributed by atoms with E-state index < -0.39 is 0 Å². The molecule has 2 heteroatoms. The van der Waals surface area contributed by atoms with Crippen LogP contribution in [0, 0.1) is 25.5 Å². The van der Waals surface area contributed by atoms with Gasteiger partial charge in [0.05, 0.1) is 0 Å². The molecular formula is C16H32F2. The van der Waals surface area contributed by atoms with Crippen LogP contribution in [0.1, 0.15) is 66.5 Å². The van der Waals surface area contributed by atoms with E-state index >= 15 is 0 Å². The summed E-state index contributed by atoms with van der Waals surface area (Å²) in [5.74, 6) is -0.696. The second-order valence-electron chi connectivity index (χ2n) is 2.35. The van der Waals surface area contributed by atoms with Gasteiger partial charge in [0.25, 0.3) is 0 Å². The SMILES string of the molecule is CC.CC.CC.CC.Cc1cc(F)c(C)cc1F. The summed E-state index contributed by atoms with van der Waals surface area (Å²) < 4.78 is 25.2. The first-order valence-corrected chi connectivity index (χ1v) is 7.03. The zero-order valence-electron chi connectivity index (χ0n) is 13.9. The van der Waals surface area contributed by atoms with Crippen LogP contribution >= 0.6 is 0 Å². The third-order valence-corrected chi connectivity index (χ3v) is 1.44. The Labute approximate surface area is 113 Å². The Balaban J connectivity index is -0.000000105. The van der Waals surface area contributed by atoms with Gasteiger partial charge in [0, 0.05) is 0 Å². The van der Waals surface area contributed by atoms with E-state index in [4.69, 9.17) is 0 Å². The fourth-order valence-corrected chi connectivity index (χ4v) is 0.746. The lowest BCUT2D eigenvalue weighted by molar-refractivity contribution is 0.585. The zero-order valence-corrected chi connectivity index (χ0v) is 13.9. The number of rotatable bonds is 0. The quantitative estimate of drug-likeness (QED) is 0.489. The van der Waals surface area contributed by atoms with Crippen molar-refractivity contribution >= 4 is 0 Å². The number of benzene rings is 1. The Bertz CT molecular complexity index is 205. The van der Waals surface area contributed by atoms with E-state index in [9.17, 15) is 8.78 Å². The molecule has 0 nitrogen and oxygen atoms in total. The summed E-state index contributed by atoms with van der Waals surface area (Å²) in [6.45, 7) is 19.1. The highest BCUT2D eigenvalue weighted by Crippen LogP contribution is 2.12. The second-order valence-corrected chi connectivity index (χ2v) is 2.35. The van der Waals surface area contributed by atoms with E-state index in [1.165, 1.54) is 26.0 Å². The maximum atomic E-state index is 12.6. The molecule has 1 aromatic rings. The monoisotopic (exact) mass is 262 g/mol. The van der Waals surface area contributed by atoms with E-state index in [-0.39, 0.29) is 11.6 Å². The summed E-state index contributed by atoms with van der Waals surface area (Å²) in [5.41, 5.74) is 0.700. The molecule has 110 valence electrons. The minimum atomic E-state index is -0.348. The van der Waals surface area contributed by atoms with Crippen molar-refractivity contribution in [3.63, 3.8) is 0 Å². The predicted octanol–water partition coefficient (Wildman–Crippen LogP) is 6.69. The van der Waals surface area contributed by atoms with Crippen LogP contribution in [0.25, 0.3) is 0 Å². The van der Waals surface area contributed by atoms with Crippen LogP contribution in [-0.4, -0.2) is 0 Å². The van der Waals surface area contributed by atoms with Crippen molar-refractivity contribution in [2.75, 3.05) is 0 Å². The minimum Gasteiger partial charge on any atom is -0.207 e. The van der Waals surface area contributed by atoms with Crippen LogP contribution in [0.4, 0.5) is 8.78 Å². The van der Waals surface area contributed by atoms with Crippen molar-refractivity contribution in [1.29, 1.82) is 0 Å². The zero-order chi connectivity index (χ0) is 15.7. The molecule has 0 N–H and O–H groups in total. The Morgan fingerprint density at radius 2 is 0.722 bits per heavy atom. The first-order chi connectivity index (χ1) is 8.61. The fraction of sp³-hybridized carbons (Fsp3) is 0.625. The first kappa shape index (κ1) is 25.8. The highest BCUT2D eigenvalue weighted by atomic mass is 19.1. The van der Waals surface area contributed by atoms with E-state index in [1.54, 1.807) is 0 Å². The first-order valence-electron chi connectivity index (χ1n) is 7.03. The molecule has 0 radical (unpaired) electrons. The molecule has 0 fully saturated rings. The largest absolute Gasteiger partial charge is 0.207 e. The van der Waals surface area contributed by atoms with Gasteiger partial charge in [0.2, 0.25) is 0 Å². The number of hydrogen-bond acceptors (Lipinski definition) is 0. The smallest absolute Gasteiger partial charge is 0.126 e. The summed E-state index contributed by atoms with van der Waals surface area (Å²) >= 11 is 0. The summed E-state index contributed by atoms with van der Waals surface area (Å²) in [4.78, 5) is 0. The van der Waals surface area contributed by atoms with Crippen molar-refractivity contribution in [1.82, 2.24) is 0 Å². The van der Waals surface area contributed by atoms with Gasteiger partial charge in [0.15, 0.2) is 0 Å². The molecule has 0 spiro atoms. The normalized spacial score (nSPS) is 6.89. The number of hydrogen-bond donors (Lipinski definition) is 0.